The summed E-state index contributed by atoms with van der Waals surface area (Å²) < 4.78 is 7.86. The predicted molar refractivity (Wildman–Crippen MR) is 122 cm³/mol. The lowest BCUT2D eigenvalue weighted by Crippen LogP contribution is -2.48. The van der Waals surface area contributed by atoms with Crippen LogP contribution in [0.25, 0.3) is 0 Å². The van der Waals surface area contributed by atoms with E-state index in [1.807, 2.05) is 0 Å². The summed E-state index contributed by atoms with van der Waals surface area (Å²) in [6, 6.07) is 13.5. The van der Waals surface area contributed by atoms with Gasteiger partial charge in [0.05, 0.1) is 18.4 Å². The first kappa shape index (κ1) is 22.2. The monoisotopic (exact) mass is 485 g/mol. The quantitative estimate of drug-likeness (QED) is 0.431. The second kappa shape index (κ2) is 9.27. The molecule has 0 atom stereocenters. The van der Waals surface area contributed by atoms with E-state index in [1.165, 1.54) is 17.8 Å². The van der Waals surface area contributed by atoms with E-state index in [2.05, 4.69) is 15.0 Å². The van der Waals surface area contributed by atoms with Gasteiger partial charge >= 0.3 is 17.3 Å². The Balaban J connectivity index is 1.66. The number of hydrogen-bond donors (Lipinski definition) is 2. The number of nitrogens with one attached hydrogen (secondary N) is 1. The summed E-state index contributed by atoms with van der Waals surface area (Å²) in [7, 11) is 1.38. The lowest BCUT2D eigenvalue weighted by molar-refractivity contribution is 0.0702. The minimum absolute atomic E-state index is 0.0662. The number of ether oxygens (including phenoxy) is 1. The number of nitrogens with zero attached hydrogens (tertiary/aromatic N) is 4. The average Bonchev–Trinajstić information content (AvgIpc) is 3.26. The number of carboxylic acids is 1. The van der Waals surface area contributed by atoms with Crippen LogP contribution in [0.15, 0.2) is 69.3 Å². The molecule has 0 amide bonds. The first-order valence-corrected chi connectivity index (χ1v) is 10.7. The molecule has 2 aromatic heterocycles. The van der Waals surface area contributed by atoms with Gasteiger partial charge in [0.25, 0.3) is 5.19 Å². The van der Waals surface area contributed by atoms with Crippen LogP contribution < -0.4 is 21.7 Å². The molecule has 0 radical (unpaired) electrons. The number of H-pyrrole nitrogens is 1. The van der Waals surface area contributed by atoms with Crippen molar-refractivity contribution in [2.24, 2.45) is 12.0 Å². The van der Waals surface area contributed by atoms with Crippen LogP contribution in [-0.4, -0.2) is 30.2 Å². The Morgan fingerprint density at radius 2 is 1.88 bits per heavy atom. The molecule has 0 aliphatic carbocycles. The summed E-state index contributed by atoms with van der Waals surface area (Å²) in [5.74, 6) is -0.654. The average molecular weight is 486 g/mol. The minimum atomic E-state index is -1.08. The number of rotatable bonds is 6. The van der Waals surface area contributed by atoms with Gasteiger partial charge in [0.1, 0.15) is 10.6 Å². The fourth-order valence-corrected chi connectivity index (χ4v) is 3.57. The Hall–Kier alpha value is -3.96. The van der Waals surface area contributed by atoms with Crippen molar-refractivity contribution in [2.45, 2.75) is 6.54 Å². The number of carboxylic acid groups (broad SMARTS) is 1. The van der Waals surface area contributed by atoms with Gasteiger partial charge in [-0.1, -0.05) is 35.1 Å². The molecular formula is C21H16ClN5O5S. The summed E-state index contributed by atoms with van der Waals surface area (Å²) in [5, 5.41) is 9.73. The number of benzene rings is 2. The third-order valence-electron chi connectivity index (χ3n) is 4.52. The van der Waals surface area contributed by atoms with Crippen LogP contribution in [0.5, 0.6) is 10.9 Å². The maximum Gasteiger partial charge on any atom is 0.347 e. The van der Waals surface area contributed by atoms with Crippen molar-refractivity contribution in [3.63, 3.8) is 0 Å². The maximum absolute atomic E-state index is 12.7. The summed E-state index contributed by atoms with van der Waals surface area (Å²) in [6.45, 7) is 0.177. The minimum Gasteiger partial charge on any atom is -0.477 e. The predicted octanol–water partition coefficient (Wildman–Crippen LogP) is 2.76. The van der Waals surface area contributed by atoms with Gasteiger partial charge in [-0.3, -0.25) is 9.55 Å². The van der Waals surface area contributed by atoms with Crippen LogP contribution in [0.4, 0.5) is 5.69 Å². The summed E-state index contributed by atoms with van der Waals surface area (Å²) in [5.41, 5.74) is 0.228. The van der Waals surface area contributed by atoms with Crippen molar-refractivity contribution < 1.29 is 14.6 Å². The highest BCUT2D eigenvalue weighted by molar-refractivity contribution is 7.15. The van der Waals surface area contributed by atoms with E-state index in [9.17, 15) is 14.4 Å². The molecule has 4 aromatic rings. The zero-order valence-electron chi connectivity index (χ0n) is 17.1. The van der Waals surface area contributed by atoms with Crippen LogP contribution in [-0.2, 0) is 13.6 Å². The maximum atomic E-state index is 12.7. The van der Waals surface area contributed by atoms with E-state index in [1.54, 1.807) is 48.5 Å². The summed E-state index contributed by atoms with van der Waals surface area (Å²) in [6.07, 6.45) is 1.22. The van der Waals surface area contributed by atoms with Crippen molar-refractivity contribution >= 4 is 34.6 Å². The van der Waals surface area contributed by atoms with Crippen LogP contribution >= 0.6 is 22.9 Å². The number of thiazole rings is 1. The highest BCUT2D eigenvalue weighted by Crippen LogP contribution is 2.27. The van der Waals surface area contributed by atoms with Crippen molar-refractivity contribution in [1.82, 2.24) is 19.1 Å². The fraction of sp³-hybridized carbons (Fsp3) is 0.0952. The standard InChI is InChI=1S/C21H16ClN5O5S/c1-26-19(30)25-18(27(21(26)31)11-12-2-4-13(22)5-3-12)24-14-6-8-15(9-7-14)32-20-23-10-16(33-20)17(28)29/h2-10H,11H2,1H3,(H,28,29)(H,24,25,30). The molecule has 168 valence electrons. The highest BCUT2D eigenvalue weighted by Gasteiger charge is 2.10. The van der Waals surface area contributed by atoms with E-state index in [0.717, 1.165) is 21.5 Å². The molecule has 0 saturated heterocycles. The van der Waals surface area contributed by atoms with Gasteiger partial charge in [0.15, 0.2) is 0 Å². The second-order valence-electron chi connectivity index (χ2n) is 6.81. The first-order chi connectivity index (χ1) is 15.8. The zero-order valence-corrected chi connectivity index (χ0v) is 18.6. The van der Waals surface area contributed by atoms with E-state index in [4.69, 9.17) is 21.4 Å². The van der Waals surface area contributed by atoms with Gasteiger partial charge in [0.2, 0.25) is 5.62 Å². The molecule has 0 aliphatic heterocycles. The Labute approximate surface area is 194 Å². The van der Waals surface area contributed by atoms with E-state index in [0.29, 0.717) is 16.5 Å². The third kappa shape index (κ3) is 5.10. The number of halogens is 1. The van der Waals surface area contributed by atoms with E-state index in [-0.39, 0.29) is 22.2 Å². The largest absolute Gasteiger partial charge is 0.477 e. The van der Waals surface area contributed by atoms with Gasteiger partial charge in [-0.25, -0.2) is 28.9 Å². The molecule has 0 fully saturated rings. The zero-order chi connectivity index (χ0) is 23.5. The van der Waals surface area contributed by atoms with Crippen LogP contribution in [0, 0.1) is 0 Å². The Morgan fingerprint density at radius 1 is 1.18 bits per heavy atom. The fourth-order valence-electron chi connectivity index (χ4n) is 2.82. The second-order valence-corrected chi connectivity index (χ2v) is 8.24. The number of aromatic carboxylic acids is 1. The Morgan fingerprint density at radius 3 is 2.52 bits per heavy atom. The van der Waals surface area contributed by atoms with Gasteiger partial charge < -0.3 is 9.84 Å². The van der Waals surface area contributed by atoms with E-state index >= 15 is 0 Å². The number of carbonyl (C=O) groups is 1. The van der Waals surface area contributed by atoms with Crippen molar-refractivity contribution in [3.8, 4) is 10.9 Å². The van der Waals surface area contributed by atoms with Crippen molar-refractivity contribution in [2.75, 3.05) is 0 Å². The lowest BCUT2D eigenvalue weighted by Gasteiger charge is -2.09. The number of aromatic nitrogens is 4. The SMILES string of the molecule is Cn1c(=O)[nH]/c(=N\c2ccc(Oc3ncc(C(=O)O)s3)cc2)n(Cc2ccc(Cl)cc2)c1=O. The molecule has 12 heteroatoms. The van der Waals surface area contributed by atoms with Gasteiger partial charge in [-0.05, 0) is 42.0 Å². The molecule has 0 saturated carbocycles. The molecule has 2 N–H and O–H groups in total. The molecule has 0 aliphatic rings. The topological polar surface area (TPSA) is 132 Å². The molecule has 2 heterocycles. The Kier molecular flexibility index (Phi) is 6.24. The van der Waals surface area contributed by atoms with Gasteiger partial charge in [-0.15, -0.1) is 0 Å². The molecule has 0 spiro atoms. The van der Waals surface area contributed by atoms with Crippen LogP contribution in [0.3, 0.4) is 0 Å². The Bertz CT molecular complexity index is 1500. The lowest BCUT2D eigenvalue weighted by atomic mass is 10.2. The smallest absolute Gasteiger partial charge is 0.347 e. The van der Waals surface area contributed by atoms with Crippen LogP contribution in [0.1, 0.15) is 15.2 Å². The normalized spacial score (nSPS) is 11.5. The molecule has 0 bridgehead atoms. The van der Waals surface area contributed by atoms with E-state index < -0.39 is 17.3 Å². The molecular weight excluding hydrogens is 470 g/mol. The third-order valence-corrected chi connectivity index (χ3v) is 5.64. The molecule has 2 aromatic carbocycles. The van der Waals surface area contributed by atoms with Gasteiger partial charge in [0, 0.05) is 12.1 Å². The molecule has 0 unspecified atom stereocenters. The van der Waals surface area contributed by atoms with Crippen molar-refractivity contribution in [1.29, 1.82) is 0 Å². The first-order valence-electron chi connectivity index (χ1n) is 9.46. The van der Waals surface area contributed by atoms with Crippen LogP contribution in [0.2, 0.25) is 5.02 Å². The molecule has 33 heavy (non-hydrogen) atoms. The molecule has 4 rings (SSSR count). The highest BCUT2D eigenvalue weighted by atomic mass is 35.5. The summed E-state index contributed by atoms with van der Waals surface area (Å²) >= 11 is 6.84. The summed E-state index contributed by atoms with van der Waals surface area (Å²) in [4.78, 5) is 46.9. The number of hydrogen-bond acceptors (Lipinski definition) is 7. The van der Waals surface area contributed by atoms with Crippen molar-refractivity contribution in [3.05, 3.63) is 96.8 Å². The van der Waals surface area contributed by atoms with Gasteiger partial charge in [-0.2, -0.15) is 0 Å². The molecule has 10 nitrogen and oxygen atoms in total. The number of aromatic amines is 1.